The molecule has 1 amide bonds. The van der Waals surface area contributed by atoms with Crippen LogP contribution in [-0.4, -0.2) is 45.7 Å². The van der Waals surface area contributed by atoms with Crippen molar-refractivity contribution in [2.24, 2.45) is 0 Å². The Hall–Kier alpha value is -1.08. The number of aromatic carboxylic acids is 1. The number of carbonyl (C=O) groups is 2. The van der Waals surface area contributed by atoms with Crippen molar-refractivity contribution in [2.75, 3.05) is 12.8 Å². The lowest BCUT2D eigenvalue weighted by Gasteiger charge is -2.20. The molecule has 0 bridgehead atoms. The number of carboxylic acid groups (broad SMARTS) is 1. The molecule has 7 heteroatoms. The molecule has 100 valence electrons. The highest BCUT2D eigenvalue weighted by molar-refractivity contribution is 8.01. The molecule has 0 aliphatic carbocycles. The van der Waals surface area contributed by atoms with E-state index >= 15 is 0 Å². The Balaban J connectivity index is 2.62. The van der Waals surface area contributed by atoms with E-state index in [4.69, 9.17) is 5.11 Å². The van der Waals surface area contributed by atoms with Crippen molar-refractivity contribution in [3.05, 3.63) is 10.6 Å². The third kappa shape index (κ3) is 3.71. The maximum absolute atomic E-state index is 11.7. The van der Waals surface area contributed by atoms with Crippen LogP contribution in [0.25, 0.3) is 0 Å². The third-order valence-corrected chi connectivity index (χ3v) is 4.73. The smallest absolute Gasteiger partial charge is 0.347 e. The molecular formula is C11H16N2O3S2. The molecule has 1 heterocycles. The van der Waals surface area contributed by atoms with E-state index in [-0.39, 0.29) is 22.6 Å². The van der Waals surface area contributed by atoms with E-state index in [2.05, 4.69) is 4.98 Å². The molecule has 5 nitrogen and oxygen atoms in total. The van der Waals surface area contributed by atoms with E-state index in [0.29, 0.717) is 10.0 Å². The van der Waals surface area contributed by atoms with E-state index in [1.807, 2.05) is 13.8 Å². The van der Waals surface area contributed by atoms with Crippen molar-refractivity contribution < 1.29 is 14.7 Å². The second-order valence-electron chi connectivity index (χ2n) is 4.09. The molecule has 0 aromatic carbocycles. The second kappa shape index (κ2) is 6.19. The van der Waals surface area contributed by atoms with Gasteiger partial charge in [0.05, 0.1) is 11.4 Å². The normalized spacial score (nSPS) is 10.7. The van der Waals surface area contributed by atoms with Gasteiger partial charge in [0, 0.05) is 13.1 Å². The van der Waals surface area contributed by atoms with Gasteiger partial charge in [-0.25, -0.2) is 9.78 Å². The summed E-state index contributed by atoms with van der Waals surface area (Å²) >= 11 is 2.39. The first-order valence-electron chi connectivity index (χ1n) is 5.42. The lowest BCUT2D eigenvalue weighted by Crippen LogP contribution is -2.34. The van der Waals surface area contributed by atoms with Crippen molar-refractivity contribution in [3.8, 4) is 0 Å². The van der Waals surface area contributed by atoms with E-state index < -0.39 is 5.97 Å². The highest BCUT2D eigenvalue weighted by Gasteiger charge is 2.17. The Morgan fingerprint density at radius 1 is 1.50 bits per heavy atom. The molecule has 1 N–H and O–H groups in total. The number of aromatic nitrogens is 1. The standard InChI is InChI=1S/C11H16N2O3S2/c1-6(2)13(4)8(14)5-17-11-12-7(3)9(18-11)10(15)16/h6H,5H2,1-4H3,(H,15,16). The van der Waals surface area contributed by atoms with Crippen LogP contribution in [0.3, 0.4) is 0 Å². The molecule has 0 aliphatic rings. The van der Waals surface area contributed by atoms with Gasteiger partial charge in [-0.2, -0.15) is 0 Å². The van der Waals surface area contributed by atoms with Crippen LogP contribution >= 0.6 is 23.1 Å². The van der Waals surface area contributed by atoms with Crippen LogP contribution in [0.2, 0.25) is 0 Å². The number of nitrogens with zero attached hydrogens (tertiary/aromatic N) is 2. The van der Waals surface area contributed by atoms with Crippen molar-refractivity contribution in [2.45, 2.75) is 31.2 Å². The number of amides is 1. The van der Waals surface area contributed by atoms with Crippen LogP contribution in [0.1, 0.15) is 29.2 Å². The minimum Gasteiger partial charge on any atom is -0.477 e. The van der Waals surface area contributed by atoms with Gasteiger partial charge in [0.25, 0.3) is 0 Å². The molecule has 1 aromatic heterocycles. The van der Waals surface area contributed by atoms with Gasteiger partial charge in [0.2, 0.25) is 5.91 Å². The molecule has 0 aliphatic heterocycles. The number of hydrogen-bond donors (Lipinski definition) is 1. The van der Waals surface area contributed by atoms with Gasteiger partial charge in [-0.05, 0) is 20.8 Å². The van der Waals surface area contributed by atoms with Gasteiger partial charge in [-0.15, -0.1) is 11.3 Å². The average Bonchev–Trinajstić information content (AvgIpc) is 2.66. The summed E-state index contributed by atoms with van der Waals surface area (Å²) in [5, 5.41) is 8.90. The quantitative estimate of drug-likeness (QED) is 0.840. The minimum absolute atomic E-state index is 0.0136. The second-order valence-corrected chi connectivity index (χ2v) is 6.31. The van der Waals surface area contributed by atoms with Gasteiger partial charge in [-0.1, -0.05) is 11.8 Å². The van der Waals surface area contributed by atoms with E-state index in [1.54, 1.807) is 18.9 Å². The maximum atomic E-state index is 11.7. The Bertz CT molecular complexity index is 457. The minimum atomic E-state index is -0.970. The number of aryl methyl sites for hydroxylation is 1. The third-order valence-electron chi connectivity index (χ3n) is 2.46. The molecule has 0 saturated heterocycles. The lowest BCUT2D eigenvalue weighted by atomic mass is 10.3. The highest BCUT2D eigenvalue weighted by Crippen LogP contribution is 2.27. The van der Waals surface area contributed by atoms with Crippen molar-refractivity contribution in [3.63, 3.8) is 0 Å². The molecule has 0 saturated carbocycles. The van der Waals surface area contributed by atoms with Crippen molar-refractivity contribution in [1.82, 2.24) is 9.88 Å². The van der Waals surface area contributed by atoms with Crippen LogP contribution in [0.5, 0.6) is 0 Å². The fraction of sp³-hybridized carbons (Fsp3) is 0.545. The monoisotopic (exact) mass is 288 g/mol. The molecule has 0 radical (unpaired) electrons. The van der Waals surface area contributed by atoms with Gasteiger partial charge in [-0.3, -0.25) is 4.79 Å². The first-order chi connectivity index (χ1) is 8.32. The first-order valence-corrected chi connectivity index (χ1v) is 7.22. The molecule has 0 atom stereocenters. The summed E-state index contributed by atoms with van der Waals surface area (Å²) in [6.45, 7) is 5.54. The zero-order valence-electron chi connectivity index (χ0n) is 10.8. The van der Waals surface area contributed by atoms with E-state index in [0.717, 1.165) is 11.3 Å². The Kier molecular flexibility index (Phi) is 5.15. The number of carbonyl (C=O) groups excluding carboxylic acids is 1. The lowest BCUT2D eigenvalue weighted by molar-refractivity contribution is -0.128. The zero-order chi connectivity index (χ0) is 13.9. The molecule has 1 aromatic rings. The van der Waals surface area contributed by atoms with Crippen molar-refractivity contribution in [1.29, 1.82) is 0 Å². The summed E-state index contributed by atoms with van der Waals surface area (Å²) in [6.07, 6.45) is 0. The van der Waals surface area contributed by atoms with Gasteiger partial charge in [0.15, 0.2) is 4.34 Å². The summed E-state index contributed by atoms with van der Waals surface area (Å²) in [4.78, 5) is 28.6. The summed E-state index contributed by atoms with van der Waals surface area (Å²) < 4.78 is 0.621. The topological polar surface area (TPSA) is 70.5 Å². The fourth-order valence-electron chi connectivity index (χ4n) is 1.15. The average molecular weight is 288 g/mol. The fourth-order valence-corrected chi connectivity index (χ4v) is 3.10. The van der Waals surface area contributed by atoms with Crippen LogP contribution in [0.4, 0.5) is 0 Å². The number of rotatable bonds is 5. The number of hydrogen-bond acceptors (Lipinski definition) is 5. The number of thioether (sulfide) groups is 1. The van der Waals surface area contributed by atoms with Crippen LogP contribution in [0.15, 0.2) is 4.34 Å². The van der Waals surface area contributed by atoms with Gasteiger partial charge < -0.3 is 10.0 Å². The van der Waals surface area contributed by atoms with E-state index in [9.17, 15) is 9.59 Å². The molecule has 0 unspecified atom stereocenters. The Morgan fingerprint density at radius 2 is 2.11 bits per heavy atom. The Labute approximate surface area is 114 Å². The summed E-state index contributed by atoms with van der Waals surface area (Å²) in [5.41, 5.74) is 0.500. The van der Waals surface area contributed by atoms with Crippen molar-refractivity contribution >= 4 is 35.0 Å². The predicted molar refractivity (Wildman–Crippen MR) is 72.4 cm³/mol. The molecule has 1 rings (SSSR count). The zero-order valence-corrected chi connectivity index (χ0v) is 12.4. The molecule has 0 fully saturated rings. The Morgan fingerprint density at radius 3 is 2.56 bits per heavy atom. The first kappa shape index (κ1) is 15.0. The highest BCUT2D eigenvalue weighted by atomic mass is 32.2. The largest absolute Gasteiger partial charge is 0.477 e. The van der Waals surface area contributed by atoms with Gasteiger partial charge >= 0.3 is 5.97 Å². The number of carboxylic acids is 1. The predicted octanol–water partition coefficient (Wildman–Crippen LogP) is 2.11. The summed E-state index contributed by atoms with van der Waals surface area (Å²) in [6, 6.07) is 0.158. The van der Waals surface area contributed by atoms with Crippen LogP contribution in [0, 0.1) is 6.92 Å². The molecule has 18 heavy (non-hydrogen) atoms. The number of thiazole rings is 1. The summed E-state index contributed by atoms with van der Waals surface area (Å²) in [7, 11) is 1.75. The maximum Gasteiger partial charge on any atom is 0.347 e. The van der Waals surface area contributed by atoms with Gasteiger partial charge in [0.1, 0.15) is 4.88 Å². The van der Waals surface area contributed by atoms with Crippen LogP contribution in [-0.2, 0) is 4.79 Å². The summed E-state index contributed by atoms with van der Waals surface area (Å²) in [5.74, 6) is -0.678. The molecule has 0 spiro atoms. The molecular weight excluding hydrogens is 272 g/mol. The van der Waals surface area contributed by atoms with Crippen LogP contribution < -0.4 is 0 Å². The van der Waals surface area contributed by atoms with E-state index in [1.165, 1.54) is 11.8 Å². The SMILES string of the molecule is Cc1nc(SCC(=O)N(C)C(C)C)sc1C(=O)O.